The minimum absolute atomic E-state index is 0.0803. The van der Waals surface area contributed by atoms with Gasteiger partial charge in [0.2, 0.25) is 11.9 Å². The third kappa shape index (κ3) is 4.48. The minimum Gasteiger partial charge on any atom is -0.497 e. The number of nitrogens with zero attached hydrogens (tertiary/aromatic N) is 4. The van der Waals surface area contributed by atoms with Gasteiger partial charge in [0.25, 0.3) is 0 Å². The monoisotopic (exact) mass is 471 g/mol. The Morgan fingerprint density at radius 1 is 1.12 bits per heavy atom. The molecule has 0 aliphatic heterocycles. The molecule has 0 spiro atoms. The normalized spacial score (nSPS) is 10.7. The van der Waals surface area contributed by atoms with Crippen LogP contribution in [0.1, 0.15) is 0 Å². The molecule has 0 aliphatic rings. The second-order valence-corrected chi connectivity index (χ2v) is 7.39. The number of nitrogens with one attached hydrogen (secondary N) is 3. The van der Waals surface area contributed by atoms with Crippen LogP contribution in [0.25, 0.3) is 22.8 Å². The SMILES string of the molecule is COc1ccc(-c2nc(NC(=O)Cn3c(-c4ccc(Cl)cc4)n[nH]c3=S)n[nH]2)c(OC)c1. The van der Waals surface area contributed by atoms with Crippen molar-refractivity contribution in [2.45, 2.75) is 6.54 Å². The second kappa shape index (κ2) is 9.20. The predicted octanol–water partition coefficient (Wildman–Crippen LogP) is 3.70. The first-order valence-corrected chi connectivity index (χ1v) is 10.1. The van der Waals surface area contributed by atoms with Crippen molar-refractivity contribution in [1.82, 2.24) is 29.9 Å². The number of carbonyl (C=O) groups is 1. The van der Waals surface area contributed by atoms with Gasteiger partial charge in [-0.25, -0.2) is 0 Å². The molecule has 32 heavy (non-hydrogen) atoms. The van der Waals surface area contributed by atoms with Gasteiger partial charge in [-0.1, -0.05) is 11.6 Å². The molecule has 0 radical (unpaired) electrons. The molecule has 0 unspecified atom stereocenters. The lowest BCUT2D eigenvalue weighted by Crippen LogP contribution is -2.20. The van der Waals surface area contributed by atoms with Gasteiger partial charge >= 0.3 is 0 Å². The van der Waals surface area contributed by atoms with Crippen LogP contribution in [0.15, 0.2) is 42.5 Å². The summed E-state index contributed by atoms with van der Waals surface area (Å²) in [4.78, 5) is 17.0. The smallest absolute Gasteiger partial charge is 0.249 e. The molecule has 0 saturated carbocycles. The molecule has 4 aromatic rings. The Morgan fingerprint density at radius 3 is 2.62 bits per heavy atom. The van der Waals surface area contributed by atoms with Crippen molar-refractivity contribution in [1.29, 1.82) is 0 Å². The van der Waals surface area contributed by atoms with Crippen LogP contribution in [0.4, 0.5) is 5.95 Å². The molecule has 12 heteroatoms. The molecule has 2 aromatic heterocycles. The zero-order valence-corrected chi connectivity index (χ0v) is 18.6. The summed E-state index contributed by atoms with van der Waals surface area (Å²) in [6, 6.07) is 12.4. The first-order chi connectivity index (χ1) is 15.5. The van der Waals surface area contributed by atoms with Crippen molar-refractivity contribution in [3.8, 4) is 34.3 Å². The Hall–Kier alpha value is -3.70. The number of carbonyl (C=O) groups excluding carboxylic acids is 1. The lowest BCUT2D eigenvalue weighted by molar-refractivity contribution is -0.116. The summed E-state index contributed by atoms with van der Waals surface area (Å²) in [6.07, 6.45) is 0. The maximum atomic E-state index is 12.6. The summed E-state index contributed by atoms with van der Waals surface area (Å²) in [5, 5.41) is 17.0. The van der Waals surface area contributed by atoms with E-state index in [4.69, 9.17) is 33.3 Å². The highest BCUT2D eigenvalue weighted by atomic mass is 35.5. The zero-order valence-electron chi connectivity index (χ0n) is 17.0. The summed E-state index contributed by atoms with van der Waals surface area (Å²) < 4.78 is 12.5. The summed E-state index contributed by atoms with van der Waals surface area (Å²) in [5.41, 5.74) is 1.43. The van der Waals surface area contributed by atoms with E-state index < -0.39 is 0 Å². The average Bonchev–Trinajstić information content (AvgIpc) is 3.40. The van der Waals surface area contributed by atoms with E-state index in [1.165, 1.54) is 0 Å². The maximum absolute atomic E-state index is 12.6. The number of aromatic nitrogens is 6. The molecule has 0 atom stereocenters. The van der Waals surface area contributed by atoms with Gasteiger partial charge < -0.3 is 9.47 Å². The lowest BCUT2D eigenvalue weighted by Gasteiger charge is -2.08. The van der Waals surface area contributed by atoms with Gasteiger partial charge in [-0.2, -0.15) is 10.1 Å². The van der Waals surface area contributed by atoms with Gasteiger partial charge in [-0.15, -0.1) is 5.10 Å². The highest BCUT2D eigenvalue weighted by Crippen LogP contribution is 2.31. The third-order valence-corrected chi connectivity index (χ3v) is 5.13. The van der Waals surface area contributed by atoms with Crippen LogP contribution >= 0.6 is 23.8 Å². The van der Waals surface area contributed by atoms with Gasteiger partial charge in [-0.3, -0.25) is 24.9 Å². The molecular formula is C20H18ClN7O3S. The predicted molar refractivity (Wildman–Crippen MR) is 121 cm³/mol. The zero-order chi connectivity index (χ0) is 22.7. The van der Waals surface area contributed by atoms with Crippen LogP contribution in [0, 0.1) is 4.77 Å². The topological polar surface area (TPSA) is 123 Å². The molecule has 4 rings (SSSR count). The molecule has 164 valence electrons. The number of anilines is 1. The van der Waals surface area contributed by atoms with E-state index >= 15 is 0 Å². The fraction of sp³-hybridized carbons (Fsp3) is 0.150. The maximum Gasteiger partial charge on any atom is 0.249 e. The van der Waals surface area contributed by atoms with Gasteiger partial charge in [0.05, 0.1) is 19.8 Å². The molecule has 2 heterocycles. The van der Waals surface area contributed by atoms with Gasteiger partial charge in [0, 0.05) is 16.7 Å². The first kappa shape index (κ1) is 21.5. The van der Waals surface area contributed by atoms with Crippen LogP contribution in [0.3, 0.4) is 0 Å². The van der Waals surface area contributed by atoms with Crippen LogP contribution < -0.4 is 14.8 Å². The Labute approximate surface area is 192 Å². The average molecular weight is 472 g/mol. The Morgan fingerprint density at radius 2 is 1.91 bits per heavy atom. The van der Waals surface area contributed by atoms with E-state index in [1.807, 2.05) is 0 Å². The van der Waals surface area contributed by atoms with E-state index in [2.05, 4.69) is 30.7 Å². The summed E-state index contributed by atoms with van der Waals surface area (Å²) >= 11 is 11.2. The molecule has 2 aromatic carbocycles. The number of benzene rings is 2. The van der Waals surface area contributed by atoms with E-state index in [-0.39, 0.29) is 18.4 Å². The number of methoxy groups -OCH3 is 2. The molecule has 0 saturated heterocycles. The van der Waals surface area contributed by atoms with Gasteiger partial charge in [0.1, 0.15) is 18.0 Å². The lowest BCUT2D eigenvalue weighted by atomic mass is 10.2. The van der Waals surface area contributed by atoms with Crippen LogP contribution in [0.5, 0.6) is 11.5 Å². The first-order valence-electron chi connectivity index (χ1n) is 9.34. The summed E-state index contributed by atoms with van der Waals surface area (Å²) in [7, 11) is 3.12. The third-order valence-electron chi connectivity index (χ3n) is 4.56. The van der Waals surface area contributed by atoms with Crippen molar-refractivity contribution >= 4 is 35.7 Å². The van der Waals surface area contributed by atoms with Crippen molar-refractivity contribution in [3.05, 3.63) is 52.3 Å². The number of amides is 1. The molecule has 0 fully saturated rings. The molecule has 0 aliphatic carbocycles. The van der Waals surface area contributed by atoms with Crippen LogP contribution in [0.2, 0.25) is 5.02 Å². The quantitative estimate of drug-likeness (QED) is 0.351. The minimum atomic E-state index is -0.370. The van der Waals surface area contributed by atoms with Gasteiger partial charge in [0.15, 0.2) is 16.4 Å². The second-order valence-electron chi connectivity index (χ2n) is 6.57. The number of ether oxygens (including phenoxy) is 2. The fourth-order valence-corrected chi connectivity index (χ4v) is 3.35. The Bertz CT molecular complexity index is 1310. The number of aromatic amines is 2. The number of hydrogen-bond acceptors (Lipinski definition) is 7. The van der Waals surface area contributed by atoms with Crippen molar-refractivity contribution in [3.63, 3.8) is 0 Å². The largest absolute Gasteiger partial charge is 0.497 e. The molecule has 1 amide bonds. The number of hydrogen-bond donors (Lipinski definition) is 3. The van der Waals surface area contributed by atoms with E-state index in [9.17, 15) is 4.79 Å². The van der Waals surface area contributed by atoms with Crippen molar-refractivity contribution in [2.24, 2.45) is 0 Å². The number of H-pyrrole nitrogens is 2. The van der Waals surface area contributed by atoms with Crippen molar-refractivity contribution in [2.75, 3.05) is 19.5 Å². The number of rotatable bonds is 7. The molecule has 3 N–H and O–H groups in total. The number of halogens is 1. The fourth-order valence-electron chi connectivity index (χ4n) is 3.02. The highest BCUT2D eigenvalue weighted by molar-refractivity contribution is 7.71. The standard InChI is InChI=1S/C20H18ClN7O3S/c1-30-13-7-8-14(15(9-13)31-2)17-23-19(26-24-17)22-16(29)10-28-18(25-27-20(28)32)11-3-5-12(21)6-4-11/h3-9H,10H2,1-2H3,(H,27,32)(H2,22,23,24,26,29). The van der Waals surface area contributed by atoms with Crippen molar-refractivity contribution < 1.29 is 14.3 Å². The molecule has 0 bridgehead atoms. The van der Waals surface area contributed by atoms with Gasteiger partial charge in [-0.05, 0) is 48.6 Å². The molecular weight excluding hydrogens is 454 g/mol. The Kier molecular flexibility index (Phi) is 6.19. The molecule has 10 nitrogen and oxygen atoms in total. The van der Waals surface area contributed by atoms with E-state index in [0.29, 0.717) is 38.5 Å². The Balaban J connectivity index is 1.51. The summed E-state index contributed by atoms with van der Waals surface area (Å²) in [5.74, 6) is 1.89. The van der Waals surface area contributed by atoms with E-state index in [0.717, 1.165) is 5.56 Å². The highest BCUT2D eigenvalue weighted by Gasteiger charge is 2.16. The van der Waals surface area contributed by atoms with Crippen LogP contribution in [-0.2, 0) is 11.3 Å². The summed E-state index contributed by atoms with van der Waals surface area (Å²) in [6.45, 7) is -0.0803. The van der Waals surface area contributed by atoms with E-state index in [1.54, 1.807) is 61.3 Å². The van der Waals surface area contributed by atoms with Crippen LogP contribution in [-0.4, -0.2) is 50.1 Å².